The number of halogens is 6. The third kappa shape index (κ3) is 8.52. The van der Waals surface area contributed by atoms with Gasteiger partial charge in [0.15, 0.2) is 34.9 Å². The summed E-state index contributed by atoms with van der Waals surface area (Å²) in [6.45, 7) is 0. The Morgan fingerprint density at radius 2 is 0.385 bits per heavy atom. The van der Waals surface area contributed by atoms with E-state index in [1.807, 2.05) is 0 Å². The highest BCUT2D eigenvalue weighted by molar-refractivity contribution is 5.89. The third-order valence-electron chi connectivity index (χ3n) is 13.8. The van der Waals surface area contributed by atoms with Crippen LogP contribution in [-0.4, -0.2) is 19.7 Å². The molecule has 0 amide bonds. The van der Waals surface area contributed by atoms with Gasteiger partial charge in [-0.15, -0.1) is 0 Å². The number of nitrogens with zero attached hydrogens (tertiary/aromatic N) is 4. The van der Waals surface area contributed by atoms with Gasteiger partial charge in [0, 0.05) is 35.4 Å². The summed E-state index contributed by atoms with van der Waals surface area (Å²) >= 11 is 0. The molecule has 0 N–H and O–H groups in total. The van der Waals surface area contributed by atoms with Gasteiger partial charge in [-0.1, -0.05) is 158 Å². The van der Waals surface area contributed by atoms with Gasteiger partial charge in [0.2, 0.25) is 0 Å². The molecule has 0 unspecified atom stereocenters. The summed E-state index contributed by atoms with van der Waals surface area (Å²) in [5, 5.41) is 50.2. The molecule has 0 fully saturated rings. The largest absolute Gasteiger partial charge is 0.278 e. The van der Waals surface area contributed by atoms with Gasteiger partial charge >= 0.3 is 0 Å². The minimum atomic E-state index is -1.75. The lowest BCUT2D eigenvalue weighted by atomic mass is 9.92. The Balaban J connectivity index is 1.04. The zero-order chi connectivity index (χ0) is 54.8. The van der Waals surface area contributed by atoms with Crippen molar-refractivity contribution >= 4 is 22.7 Å². The van der Waals surface area contributed by atoms with Crippen molar-refractivity contribution in [1.82, 2.24) is 0 Å². The zero-order valence-electron chi connectivity index (χ0n) is 39.6. The molecule has 18 heteroatoms. The van der Waals surface area contributed by atoms with E-state index in [1.165, 1.54) is 97.1 Å². The fourth-order valence-electron chi connectivity index (χ4n) is 9.82. The van der Waals surface area contributed by atoms with Gasteiger partial charge in [0.05, 0.1) is 53.1 Å². The first-order valence-electron chi connectivity index (χ1n) is 23.4. The summed E-state index contributed by atoms with van der Waals surface area (Å²) in [6.07, 6.45) is 0. The molecule has 38 rings (SSSR count). The molecule has 78 heavy (non-hydrogen) atoms. The van der Waals surface area contributed by atoms with E-state index in [2.05, 4.69) is 0 Å². The lowest BCUT2D eigenvalue weighted by molar-refractivity contribution is -0.388. The van der Waals surface area contributed by atoms with Crippen molar-refractivity contribution in [3.63, 3.8) is 0 Å². The zero-order valence-corrected chi connectivity index (χ0v) is 39.6. The van der Waals surface area contributed by atoms with Crippen LogP contribution < -0.4 is 0 Å². The smallest absolute Gasteiger partial charge is 0.258 e. The molecule has 0 aliphatic heterocycles. The van der Waals surface area contributed by atoms with E-state index in [0.29, 0.717) is 27.8 Å². The van der Waals surface area contributed by atoms with Gasteiger partial charge in [-0.25, -0.2) is 26.3 Å². The molecule has 0 aromatic heterocycles. The Morgan fingerprint density at radius 1 is 0.218 bits per heavy atom. The van der Waals surface area contributed by atoms with Gasteiger partial charge in [-0.2, -0.15) is 0 Å². The average Bonchev–Trinajstić information content (AvgIpc) is 3.49. The van der Waals surface area contributed by atoms with E-state index in [9.17, 15) is 40.5 Å². The van der Waals surface area contributed by atoms with Crippen molar-refractivity contribution < 1.29 is 46.0 Å². The maximum atomic E-state index is 16.0. The molecular weight excluding hydrogens is 1020 g/mol. The fraction of sp³-hybridized carbons (Fsp3) is 0. The molecule has 0 saturated carbocycles. The minimum Gasteiger partial charge on any atom is -0.258 e. The normalized spacial score (nSPS) is 11.4. The molecule has 0 atom stereocenters. The molecule has 12 nitrogen and oxygen atoms in total. The molecule has 0 heterocycles. The van der Waals surface area contributed by atoms with Crippen LogP contribution in [0.4, 0.5) is 49.1 Å². The van der Waals surface area contributed by atoms with Crippen LogP contribution in [0.3, 0.4) is 0 Å². The van der Waals surface area contributed by atoms with Gasteiger partial charge in [-0.05, 0) is 66.8 Å². The molecule has 380 valence electrons. The van der Waals surface area contributed by atoms with Crippen LogP contribution in [0.2, 0.25) is 0 Å². The number of benzene rings is 10. The number of rotatable bonds is 4. The van der Waals surface area contributed by atoms with Crippen LogP contribution in [0.5, 0.6) is 0 Å². The number of hydrogen-bond donors (Lipinski definition) is 0. The second kappa shape index (κ2) is 19.3. The summed E-state index contributed by atoms with van der Waals surface area (Å²) in [4.78, 5) is 47.2. The van der Waals surface area contributed by atoms with Crippen LogP contribution in [-0.2, 0) is 0 Å². The van der Waals surface area contributed by atoms with Crippen molar-refractivity contribution in [2.24, 2.45) is 0 Å². The quantitative estimate of drug-likeness (QED) is 0.0725. The summed E-state index contributed by atoms with van der Waals surface area (Å²) < 4.78 is 95.7. The van der Waals surface area contributed by atoms with Crippen LogP contribution in [0.1, 0.15) is 0 Å². The predicted octanol–water partition coefficient (Wildman–Crippen LogP) is 17.1. The second-order valence-corrected chi connectivity index (χ2v) is 18.1. The maximum Gasteiger partial charge on any atom is 0.278 e. The van der Waals surface area contributed by atoms with Crippen LogP contribution in [0, 0.1) is 75.4 Å². The maximum absolute atomic E-state index is 16.0. The molecule has 20 bridgehead atoms. The first-order chi connectivity index (χ1) is 37.5. The highest BCUT2D eigenvalue weighted by Crippen LogP contribution is 2.45. The molecule has 0 radical (unpaired) electrons. The molecule has 28 aliphatic rings. The molecular formula is C60H30F6N4O8. The lowest BCUT2D eigenvalue weighted by Gasteiger charge is -2.14. The highest BCUT2D eigenvalue weighted by Gasteiger charge is 2.31. The molecule has 0 spiro atoms. The predicted molar refractivity (Wildman–Crippen MR) is 281 cm³/mol. The Hall–Kier alpha value is -10.6. The van der Waals surface area contributed by atoms with Gasteiger partial charge < -0.3 is 0 Å². The van der Waals surface area contributed by atoms with E-state index in [4.69, 9.17) is 0 Å². The number of hydrogen-bond acceptors (Lipinski definition) is 8. The van der Waals surface area contributed by atoms with E-state index in [-0.39, 0.29) is 72.3 Å². The topological polar surface area (TPSA) is 173 Å². The monoisotopic (exact) mass is 1050 g/mol. The van der Waals surface area contributed by atoms with Crippen molar-refractivity contribution in [2.45, 2.75) is 0 Å². The van der Waals surface area contributed by atoms with Gasteiger partial charge in [-0.3, -0.25) is 40.5 Å². The van der Waals surface area contributed by atoms with Crippen molar-refractivity contribution in [3.8, 4) is 111 Å². The van der Waals surface area contributed by atoms with Crippen molar-refractivity contribution in [2.75, 3.05) is 0 Å². The SMILES string of the molecule is O=[N+]([O-])c1cc2c([N+](=O)[O-])cc1-c1ccc(cc1)-c1ccc(cc1)-c1c(F)c(F)c(c(F)c1F)-c1ccc(cc1)-c1cc([N+](=O)[O-])c(cc1[N+](=O)[O-])-c1ccc(cc1)-c1ccc(cc1)-c1ccc(c(F)c1F)-c1ccc-2cc1. The fourth-order valence-corrected chi connectivity index (χ4v) is 9.82. The van der Waals surface area contributed by atoms with E-state index >= 15 is 26.3 Å². The Kier molecular flexibility index (Phi) is 12.2. The van der Waals surface area contributed by atoms with Crippen LogP contribution in [0.25, 0.3) is 111 Å². The molecule has 28 aliphatic carbocycles. The number of nitro groups is 4. The van der Waals surface area contributed by atoms with Gasteiger partial charge in [0.25, 0.3) is 22.7 Å². The van der Waals surface area contributed by atoms with Crippen molar-refractivity contribution in [1.29, 1.82) is 0 Å². The first kappa shape index (κ1) is 49.6. The minimum absolute atomic E-state index is 0.00571. The highest BCUT2D eigenvalue weighted by atomic mass is 19.2. The first-order valence-corrected chi connectivity index (χ1v) is 23.4. The van der Waals surface area contributed by atoms with Crippen LogP contribution in [0.15, 0.2) is 182 Å². The number of nitro benzene ring substituents is 4. The summed E-state index contributed by atoms with van der Waals surface area (Å²) in [5.74, 6) is -9.32. The van der Waals surface area contributed by atoms with E-state index < -0.39 is 88.5 Å². The molecule has 10 aromatic carbocycles. The standard InChI is InChI=1S/C60H30F6N4O8/c61-55-43-25-26-44(56(55)62)36-15-17-39(18-16-36)47-29-49(67(71)72)45(27-51(47)69(75)76)38-13-5-33(6-14-38)34-7-21-41(22-8-34)53-57(63)59(65)54(60(66)58(53)64)42-23-19-40(20-24-42)48-30-50(68(73)74)46(28-52(48)70(77)78)37-11-3-32(4-12-37)31-1-9-35(43)10-2-31/h1-30H. The van der Waals surface area contributed by atoms with Gasteiger partial charge in [0.1, 0.15) is 0 Å². The van der Waals surface area contributed by atoms with E-state index in [0.717, 1.165) is 48.5 Å². The Bertz CT molecular complexity index is 4150. The summed E-state index contributed by atoms with van der Waals surface area (Å²) in [6, 6.07) is 40.7. The average molecular weight is 1050 g/mol. The van der Waals surface area contributed by atoms with E-state index in [1.54, 1.807) is 36.4 Å². The Labute approximate surface area is 436 Å². The van der Waals surface area contributed by atoms with Crippen molar-refractivity contribution in [3.05, 3.63) is 257 Å². The lowest BCUT2D eigenvalue weighted by Crippen LogP contribution is -2.03. The molecule has 10 aromatic rings. The third-order valence-corrected chi connectivity index (χ3v) is 13.8. The molecule has 0 saturated heterocycles. The Morgan fingerprint density at radius 3 is 0.577 bits per heavy atom. The van der Waals surface area contributed by atoms with Crippen LogP contribution >= 0.6 is 0 Å². The second-order valence-electron chi connectivity index (χ2n) is 18.1. The summed E-state index contributed by atoms with van der Waals surface area (Å²) in [5.41, 5.74) is -2.47. The summed E-state index contributed by atoms with van der Waals surface area (Å²) in [7, 11) is 0.